The van der Waals surface area contributed by atoms with E-state index < -0.39 is 0 Å². The van der Waals surface area contributed by atoms with Crippen LogP contribution in [0.15, 0.2) is 59.9 Å². The van der Waals surface area contributed by atoms with Crippen molar-refractivity contribution in [1.82, 2.24) is 19.9 Å². The maximum absolute atomic E-state index is 7.66. The van der Waals surface area contributed by atoms with Gasteiger partial charge in [0.2, 0.25) is 0 Å². The summed E-state index contributed by atoms with van der Waals surface area (Å²) in [4.78, 5) is 24.9. The van der Waals surface area contributed by atoms with Gasteiger partial charge in [-0.05, 0) is 37.5 Å². The van der Waals surface area contributed by atoms with E-state index in [0.29, 0.717) is 35.5 Å². The number of nitrogens with one attached hydrogen (secondary N) is 1. The summed E-state index contributed by atoms with van der Waals surface area (Å²) in [5.41, 5.74) is 7.56. The Morgan fingerprint density at radius 1 is 1.09 bits per heavy atom. The monoisotopic (exact) mass is 440 g/mol. The molecule has 33 heavy (non-hydrogen) atoms. The number of anilines is 1. The number of hydrogen-bond donors (Lipinski definition) is 2. The van der Waals surface area contributed by atoms with Gasteiger partial charge in [-0.3, -0.25) is 0 Å². The summed E-state index contributed by atoms with van der Waals surface area (Å²) < 4.78 is 0. The van der Waals surface area contributed by atoms with E-state index in [9.17, 15) is 0 Å². The molecule has 4 rings (SSSR count). The third kappa shape index (κ3) is 6.29. The number of nitrogens with zero attached hydrogens (tertiary/aromatic N) is 6. The molecule has 0 amide bonds. The third-order valence-electron chi connectivity index (χ3n) is 5.42. The summed E-state index contributed by atoms with van der Waals surface area (Å²) in [6, 6.07) is 13.7. The second kappa shape index (κ2) is 10.6. The fourth-order valence-corrected chi connectivity index (χ4v) is 3.82. The van der Waals surface area contributed by atoms with E-state index in [1.807, 2.05) is 54.6 Å². The number of benzene rings is 1. The molecule has 0 saturated carbocycles. The van der Waals surface area contributed by atoms with E-state index in [1.54, 1.807) is 19.3 Å². The Hall–Kier alpha value is -3.94. The van der Waals surface area contributed by atoms with E-state index in [0.717, 1.165) is 43.1 Å². The van der Waals surface area contributed by atoms with Crippen molar-refractivity contribution in [2.45, 2.75) is 32.1 Å². The van der Waals surface area contributed by atoms with Crippen molar-refractivity contribution in [2.24, 2.45) is 10.7 Å². The average Bonchev–Trinajstić information content (AvgIpc) is 2.83. The lowest BCUT2D eigenvalue weighted by Gasteiger charge is -2.32. The summed E-state index contributed by atoms with van der Waals surface area (Å²) in [5, 5.41) is 7.66. The third-order valence-corrected chi connectivity index (χ3v) is 5.42. The van der Waals surface area contributed by atoms with E-state index in [2.05, 4.69) is 24.8 Å². The lowest BCUT2D eigenvalue weighted by atomic mass is 9.96. The molecule has 0 atom stereocenters. The molecular weight excluding hydrogens is 412 g/mol. The molecule has 168 valence electrons. The molecule has 1 aromatic carbocycles. The molecule has 1 aliphatic heterocycles. The van der Waals surface area contributed by atoms with Crippen molar-refractivity contribution < 1.29 is 0 Å². The van der Waals surface area contributed by atoms with Crippen molar-refractivity contribution in [2.75, 3.05) is 18.0 Å². The SMILES string of the molecule is CC(=N)CC(N)=Nc1cc(N2CCC(c3ncccn3)CC2)nc(/C=C/c2ccccc2)n1. The number of piperidine rings is 1. The smallest absolute Gasteiger partial charge is 0.160 e. The standard InChI is InChI=1S/C25H28N8/c1-18(26)16-21(27)30-23-17-24(32-22(31-23)9-8-19-6-3-2-4-7-19)33-14-10-20(11-15-33)25-28-12-5-13-29-25/h2-9,12-13,17,20,26H,10-11,14-16H2,1H3,(H2,27,30,31,32)/b9-8+,26-18?. The van der Waals surface area contributed by atoms with Crippen LogP contribution >= 0.6 is 0 Å². The highest BCUT2D eigenvalue weighted by molar-refractivity contribution is 6.01. The van der Waals surface area contributed by atoms with Crippen LogP contribution in [0.2, 0.25) is 0 Å². The Bertz CT molecular complexity index is 1130. The van der Waals surface area contributed by atoms with Gasteiger partial charge in [0.15, 0.2) is 11.6 Å². The highest BCUT2D eigenvalue weighted by Gasteiger charge is 2.23. The lowest BCUT2D eigenvalue weighted by molar-refractivity contribution is 0.483. The summed E-state index contributed by atoms with van der Waals surface area (Å²) in [6.07, 6.45) is 9.70. The molecule has 2 aromatic heterocycles. The van der Waals surface area contributed by atoms with Gasteiger partial charge in [-0.2, -0.15) is 0 Å². The second-order valence-electron chi connectivity index (χ2n) is 8.12. The van der Waals surface area contributed by atoms with Gasteiger partial charge in [-0.25, -0.2) is 24.9 Å². The van der Waals surface area contributed by atoms with Crippen LogP contribution in [-0.2, 0) is 0 Å². The van der Waals surface area contributed by atoms with Crippen molar-refractivity contribution in [3.63, 3.8) is 0 Å². The van der Waals surface area contributed by atoms with Crippen LogP contribution in [0.4, 0.5) is 11.6 Å². The maximum atomic E-state index is 7.66. The predicted octanol–water partition coefficient (Wildman–Crippen LogP) is 4.24. The van der Waals surface area contributed by atoms with E-state index in [-0.39, 0.29) is 0 Å². The highest BCUT2D eigenvalue weighted by atomic mass is 15.2. The van der Waals surface area contributed by atoms with Gasteiger partial charge in [0.05, 0.1) is 0 Å². The molecule has 0 unspecified atom stereocenters. The van der Waals surface area contributed by atoms with Gasteiger partial charge < -0.3 is 16.0 Å². The Labute approximate surface area is 193 Å². The maximum Gasteiger partial charge on any atom is 0.160 e. The molecule has 0 bridgehead atoms. The summed E-state index contributed by atoms with van der Waals surface area (Å²) in [5.74, 6) is 3.52. The first-order valence-corrected chi connectivity index (χ1v) is 11.1. The van der Waals surface area contributed by atoms with Crippen molar-refractivity contribution >= 4 is 35.3 Å². The molecule has 8 nitrogen and oxygen atoms in total. The first kappa shape index (κ1) is 22.3. The van der Waals surface area contributed by atoms with Crippen LogP contribution in [0.5, 0.6) is 0 Å². The van der Waals surface area contributed by atoms with Gasteiger partial charge in [0.25, 0.3) is 0 Å². The Balaban J connectivity index is 1.57. The highest BCUT2D eigenvalue weighted by Crippen LogP contribution is 2.29. The Kier molecular flexibility index (Phi) is 7.14. The van der Waals surface area contributed by atoms with Crippen LogP contribution in [0.3, 0.4) is 0 Å². The first-order chi connectivity index (χ1) is 16.1. The Morgan fingerprint density at radius 3 is 2.52 bits per heavy atom. The topological polar surface area (TPSA) is 117 Å². The second-order valence-corrected chi connectivity index (χ2v) is 8.12. The van der Waals surface area contributed by atoms with Crippen LogP contribution in [0, 0.1) is 5.41 Å². The van der Waals surface area contributed by atoms with Crippen molar-refractivity contribution in [3.05, 3.63) is 72.1 Å². The molecular formula is C25H28N8. The fourth-order valence-electron chi connectivity index (χ4n) is 3.82. The number of amidine groups is 1. The largest absolute Gasteiger partial charge is 0.387 e. The van der Waals surface area contributed by atoms with E-state index in [4.69, 9.17) is 16.1 Å². The van der Waals surface area contributed by atoms with Gasteiger partial charge in [0, 0.05) is 49.6 Å². The molecule has 0 radical (unpaired) electrons. The first-order valence-electron chi connectivity index (χ1n) is 11.1. The number of aliphatic imine (C=N–C) groups is 1. The summed E-state index contributed by atoms with van der Waals surface area (Å²) >= 11 is 0. The minimum Gasteiger partial charge on any atom is -0.387 e. The molecule has 3 aromatic rings. The van der Waals surface area contributed by atoms with Crippen LogP contribution in [-0.4, -0.2) is 44.6 Å². The van der Waals surface area contributed by atoms with Crippen molar-refractivity contribution in [1.29, 1.82) is 5.41 Å². The van der Waals surface area contributed by atoms with Crippen LogP contribution in [0.25, 0.3) is 12.2 Å². The molecule has 1 aliphatic rings. The summed E-state index contributed by atoms with van der Waals surface area (Å²) in [6.45, 7) is 3.41. The molecule has 0 spiro atoms. The number of rotatable bonds is 7. The minimum atomic E-state index is 0.316. The quantitative estimate of drug-likeness (QED) is 0.419. The van der Waals surface area contributed by atoms with Crippen molar-refractivity contribution in [3.8, 4) is 0 Å². The van der Waals surface area contributed by atoms with E-state index in [1.165, 1.54) is 0 Å². The van der Waals surface area contributed by atoms with Crippen LogP contribution < -0.4 is 10.6 Å². The number of hydrogen-bond acceptors (Lipinski definition) is 7. The van der Waals surface area contributed by atoms with Crippen LogP contribution in [0.1, 0.15) is 49.3 Å². The average molecular weight is 441 g/mol. The van der Waals surface area contributed by atoms with E-state index >= 15 is 0 Å². The minimum absolute atomic E-state index is 0.316. The number of nitrogens with two attached hydrogens (primary N) is 1. The zero-order valence-electron chi connectivity index (χ0n) is 18.7. The molecule has 8 heteroatoms. The predicted molar refractivity (Wildman–Crippen MR) is 133 cm³/mol. The molecule has 0 aliphatic carbocycles. The molecule has 1 fully saturated rings. The number of aromatic nitrogens is 4. The molecule has 3 heterocycles. The van der Waals surface area contributed by atoms with Gasteiger partial charge in [-0.1, -0.05) is 36.4 Å². The van der Waals surface area contributed by atoms with Gasteiger partial charge >= 0.3 is 0 Å². The fraction of sp³-hybridized carbons (Fsp3) is 0.280. The Morgan fingerprint density at radius 2 is 1.82 bits per heavy atom. The molecule has 3 N–H and O–H groups in total. The zero-order chi connectivity index (χ0) is 23.0. The summed E-state index contributed by atoms with van der Waals surface area (Å²) in [7, 11) is 0. The molecule has 1 saturated heterocycles. The lowest BCUT2D eigenvalue weighted by Crippen LogP contribution is -2.34. The van der Waals surface area contributed by atoms with Gasteiger partial charge in [0.1, 0.15) is 17.5 Å². The zero-order valence-corrected chi connectivity index (χ0v) is 18.7. The normalized spacial score (nSPS) is 15.2. The van der Waals surface area contributed by atoms with Gasteiger partial charge in [-0.15, -0.1) is 0 Å².